The molecular formula is C24H30N2O5. The highest BCUT2D eigenvalue weighted by atomic mass is 16.5. The highest BCUT2D eigenvalue weighted by molar-refractivity contribution is 5.93. The van der Waals surface area contributed by atoms with Crippen molar-refractivity contribution in [3.05, 3.63) is 35.9 Å². The van der Waals surface area contributed by atoms with Crippen molar-refractivity contribution >= 4 is 11.8 Å². The zero-order chi connectivity index (χ0) is 21.6. The van der Waals surface area contributed by atoms with Gasteiger partial charge in [0.1, 0.15) is 5.60 Å². The normalized spacial score (nSPS) is 31.4. The minimum Gasteiger partial charge on any atom is -0.493 e. The molecule has 2 saturated heterocycles. The van der Waals surface area contributed by atoms with E-state index < -0.39 is 17.4 Å². The number of hydrogen-bond acceptors (Lipinski definition) is 5. The molecule has 3 fully saturated rings. The molecule has 3 aliphatic heterocycles. The van der Waals surface area contributed by atoms with Crippen molar-refractivity contribution in [2.45, 2.75) is 49.9 Å². The van der Waals surface area contributed by atoms with Crippen LogP contribution in [0.15, 0.2) is 30.4 Å². The largest absolute Gasteiger partial charge is 0.493 e. The Hall–Kier alpha value is -2.54. The number of amides is 2. The number of rotatable bonds is 7. The summed E-state index contributed by atoms with van der Waals surface area (Å²) in [5, 5.41) is 3.18. The molecule has 4 unspecified atom stereocenters. The Morgan fingerprint density at radius 1 is 1.23 bits per heavy atom. The molecule has 5 rings (SSSR count). The van der Waals surface area contributed by atoms with Crippen LogP contribution in [0.1, 0.15) is 31.2 Å². The topological polar surface area (TPSA) is 77.1 Å². The molecule has 7 nitrogen and oxygen atoms in total. The Balaban J connectivity index is 1.28. The molecule has 1 aromatic carbocycles. The van der Waals surface area contributed by atoms with Crippen molar-refractivity contribution in [1.82, 2.24) is 10.2 Å². The second kappa shape index (κ2) is 7.86. The molecule has 7 heteroatoms. The van der Waals surface area contributed by atoms with Crippen LogP contribution in [0.3, 0.4) is 0 Å². The molecule has 1 saturated carbocycles. The first-order valence-corrected chi connectivity index (χ1v) is 11.2. The first kappa shape index (κ1) is 20.4. The van der Waals surface area contributed by atoms with Crippen LogP contribution in [0.5, 0.6) is 11.5 Å². The van der Waals surface area contributed by atoms with Gasteiger partial charge in [0.05, 0.1) is 38.7 Å². The number of benzene rings is 1. The predicted octanol–water partition coefficient (Wildman–Crippen LogP) is 2.09. The Bertz CT molecular complexity index is 909. The number of likely N-dealkylation sites (tertiary alicyclic amines) is 1. The maximum atomic E-state index is 13.4. The summed E-state index contributed by atoms with van der Waals surface area (Å²) in [7, 11) is 3.23. The van der Waals surface area contributed by atoms with Crippen LogP contribution in [-0.2, 0) is 20.7 Å². The number of ether oxygens (including phenoxy) is 3. The van der Waals surface area contributed by atoms with Crippen LogP contribution in [0, 0.1) is 11.8 Å². The molecule has 4 atom stereocenters. The van der Waals surface area contributed by atoms with Gasteiger partial charge in [-0.2, -0.15) is 0 Å². The van der Waals surface area contributed by atoms with Crippen LogP contribution in [-0.4, -0.2) is 61.8 Å². The smallest absolute Gasteiger partial charge is 0.230 e. The third kappa shape index (κ3) is 3.39. The fourth-order valence-electron chi connectivity index (χ4n) is 5.73. The molecule has 1 aliphatic carbocycles. The molecule has 1 N–H and O–H groups in total. The average molecular weight is 427 g/mol. The van der Waals surface area contributed by atoms with Crippen LogP contribution in [0.2, 0.25) is 0 Å². The Kier molecular flexibility index (Phi) is 5.16. The van der Waals surface area contributed by atoms with Crippen molar-refractivity contribution in [3.8, 4) is 11.5 Å². The fraction of sp³-hybridized carbons (Fsp3) is 0.583. The fourth-order valence-corrected chi connectivity index (χ4v) is 5.73. The van der Waals surface area contributed by atoms with Gasteiger partial charge in [-0.25, -0.2) is 0 Å². The van der Waals surface area contributed by atoms with Gasteiger partial charge in [0, 0.05) is 12.6 Å². The number of carbonyl (C=O) groups excluding carboxylic acids is 2. The molecule has 2 bridgehead atoms. The Morgan fingerprint density at radius 3 is 2.74 bits per heavy atom. The van der Waals surface area contributed by atoms with Crippen LogP contribution in [0.25, 0.3) is 0 Å². The van der Waals surface area contributed by atoms with Gasteiger partial charge in [-0.1, -0.05) is 31.1 Å². The number of nitrogens with one attached hydrogen (secondary N) is 1. The van der Waals surface area contributed by atoms with Crippen molar-refractivity contribution < 1.29 is 23.8 Å². The van der Waals surface area contributed by atoms with Gasteiger partial charge in [-0.15, -0.1) is 0 Å². The summed E-state index contributed by atoms with van der Waals surface area (Å²) in [6, 6.07) is 6.05. The van der Waals surface area contributed by atoms with E-state index in [1.807, 2.05) is 35.3 Å². The zero-order valence-corrected chi connectivity index (χ0v) is 18.1. The molecule has 4 aliphatic rings. The lowest BCUT2D eigenvalue weighted by Gasteiger charge is -2.25. The van der Waals surface area contributed by atoms with Crippen LogP contribution in [0.4, 0.5) is 0 Å². The highest BCUT2D eigenvalue weighted by Gasteiger charge is 2.66. The minimum atomic E-state index is -0.656. The number of nitrogens with zero attached hydrogens (tertiary/aromatic N) is 1. The molecule has 166 valence electrons. The molecule has 0 radical (unpaired) electrons. The van der Waals surface area contributed by atoms with Gasteiger partial charge in [0.2, 0.25) is 11.8 Å². The third-order valence-corrected chi connectivity index (χ3v) is 7.30. The molecule has 3 heterocycles. The van der Waals surface area contributed by atoms with Gasteiger partial charge < -0.3 is 24.4 Å². The average Bonchev–Trinajstić information content (AvgIpc) is 3.55. The maximum Gasteiger partial charge on any atom is 0.230 e. The van der Waals surface area contributed by atoms with Crippen LogP contribution >= 0.6 is 0 Å². The second-order valence-electron chi connectivity index (χ2n) is 9.09. The van der Waals surface area contributed by atoms with Crippen molar-refractivity contribution in [2.24, 2.45) is 11.8 Å². The van der Waals surface area contributed by atoms with Gasteiger partial charge in [-0.05, 0) is 37.0 Å². The monoisotopic (exact) mass is 426 g/mol. The van der Waals surface area contributed by atoms with E-state index in [1.165, 1.54) is 0 Å². The SMILES string of the molecule is COc1ccc(CCN2CC34C=CC(O3)C(C(=O)NC3CCCC3)C4C2=O)cc1OC. The summed E-state index contributed by atoms with van der Waals surface area (Å²) < 4.78 is 16.9. The van der Waals surface area contributed by atoms with E-state index in [4.69, 9.17) is 14.2 Å². The van der Waals surface area contributed by atoms with Gasteiger partial charge in [0.25, 0.3) is 0 Å². The van der Waals surface area contributed by atoms with Gasteiger partial charge >= 0.3 is 0 Å². The second-order valence-corrected chi connectivity index (χ2v) is 9.09. The highest BCUT2D eigenvalue weighted by Crippen LogP contribution is 2.52. The van der Waals surface area contributed by atoms with E-state index in [0.717, 1.165) is 31.2 Å². The lowest BCUT2D eigenvalue weighted by atomic mass is 9.76. The number of hydrogen-bond donors (Lipinski definition) is 1. The molecule has 2 amide bonds. The minimum absolute atomic E-state index is 0.0248. The first-order chi connectivity index (χ1) is 15.0. The van der Waals surface area contributed by atoms with E-state index in [-0.39, 0.29) is 24.0 Å². The quantitative estimate of drug-likeness (QED) is 0.676. The molecule has 0 aromatic heterocycles. The zero-order valence-electron chi connectivity index (χ0n) is 18.1. The number of carbonyl (C=O) groups is 2. The van der Waals surface area contributed by atoms with E-state index in [0.29, 0.717) is 31.0 Å². The van der Waals surface area contributed by atoms with E-state index >= 15 is 0 Å². The standard InChI is InChI=1S/C24H30N2O5/c1-29-17-8-7-15(13-19(17)30-2)10-12-26-14-24-11-9-18(31-24)20(21(24)23(26)28)22(27)25-16-5-3-4-6-16/h7-9,11,13,16,18,20-21H,3-6,10,12,14H2,1-2H3,(H,25,27). The Labute approximate surface area is 182 Å². The van der Waals surface area contributed by atoms with Crippen molar-refractivity contribution in [2.75, 3.05) is 27.3 Å². The van der Waals surface area contributed by atoms with Gasteiger partial charge in [0.15, 0.2) is 11.5 Å². The molecular weight excluding hydrogens is 396 g/mol. The van der Waals surface area contributed by atoms with Crippen molar-refractivity contribution in [3.63, 3.8) is 0 Å². The lowest BCUT2D eigenvalue weighted by molar-refractivity contribution is -0.137. The summed E-state index contributed by atoms with van der Waals surface area (Å²) in [5.74, 6) is 0.515. The summed E-state index contributed by atoms with van der Waals surface area (Å²) in [5.41, 5.74) is 0.410. The predicted molar refractivity (Wildman–Crippen MR) is 114 cm³/mol. The van der Waals surface area contributed by atoms with Crippen molar-refractivity contribution in [1.29, 1.82) is 0 Å². The maximum absolute atomic E-state index is 13.4. The van der Waals surface area contributed by atoms with Crippen LogP contribution < -0.4 is 14.8 Å². The molecule has 1 spiro atoms. The third-order valence-electron chi connectivity index (χ3n) is 7.30. The summed E-state index contributed by atoms with van der Waals surface area (Å²) >= 11 is 0. The lowest BCUT2D eigenvalue weighted by Crippen LogP contribution is -2.46. The van der Waals surface area contributed by atoms with E-state index in [1.54, 1.807) is 14.2 Å². The number of methoxy groups -OCH3 is 2. The van der Waals surface area contributed by atoms with E-state index in [2.05, 4.69) is 5.32 Å². The summed E-state index contributed by atoms with van der Waals surface area (Å²) in [6.45, 7) is 1.08. The number of fused-ring (bicyclic) bond motifs is 1. The summed E-state index contributed by atoms with van der Waals surface area (Å²) in [6.07, 6.45) is 8.76. The molecule has 1 aromatic rings. The van der Waals surface area contributed by atoms with E-state index in [9.17, 15) is 9.59 Å². The Morgan fingerprint density at radius 2 is 2.00 bits per heavy atom. The van der Waals surface area contributed by atoms with Gasteiger partial charge in [-0.3, -0.25) is 9.59 Å². The summed E-state index contributed by atoms with van der Waals surface area (Å²) in [4.78, 5) is 28.3. The first-order valence-electron chi connectivity index (χ1n) is 11.2. The molecule has 31 heavy (non-hydrogen) atoms.